The third-order valence-corrected chi connectivity index (χ3v) is 3.99. The Hall–Kier alpha value is -2.67. The van der Waals surface area contributed by atoms with E-state index in [0.29, 0.717) is 16.4 Å². The van der Waals surface area contributed by atoms with Crippen molar-refractivity contribution in [3.05, 3.63) is 70.9 Å². The zero-order valence-electron chi connectivity index (χ0n) is 12.2. The van der Waals surface area contributed by atoms with E-state index in [1.54, 1.807) is 5.38 Å². The fourth-order valence-corrected chi connectivity index (χ4v) is 2.83. The molecule has 1 amide bonds. The molecular formula is C17H11F3N2OS. The average molecular weight is 348 g/mol. The van der Waals surface area contributed by atoms with Gasteiger partial charge >= 0.3 is 0 Å². The van der Waals surface area contributed by atoms with Crippen molar-refractivity contribution in [2.24, 2.45) is 0 Å². The van der Waals surface area contributed by atoms with Crippen LogP contribution in [0.25, 0.3) is 11.3 Å². The van der Waals surface area contributed by atoms with Crippen molar-refractivity contribution in [1.82, 2.24) is 4.98 Å². The highest BCUT2D eigenvalue weighted by Gasteiger charge is 2.12. The van der Waals surface area contributed by atoms with Gasteiger partial charge in [0.15, 0.2) is 5.13 Å². The van der Waals surface area contributed by atoms with Gasteiger partial charge in [-0.2, -0.15) is 0 Å². The average Bonchev–Trinajstić information content (AvgIpc) is 2.97. The predicted octanol–water partition coefficient (Wildman–Crippen LogP) is 4.41. The van der Waals surface area contributed by atoms with Crippen molar-refractivity contribution in [1.29, 1.82) is 0 Å². The van der Waals surface area contributed by atoms with Crippen LogP contribution in [-0.4, -0.2) is 10.9 Å². The van der Waals surface area contributed by atoms with Crippen LogP contribution in [0, 0.1) is 17.5 Å². The summed E-state index contributed by atoms with van der Waals surface area (Å²) in [5.41, 5.74) is 1.14. The van der Waals surface area contributed by atoms with Crippen LogP contribution in [0.4, 0.5) is 18.3 Å². The molecule has 3 aromatic rings. The standard InChI is InChI=1S/C17H11F3N2OS/c18-11-3-1-10(2-4-11)7-16(23)22-17-21-15(9-24-17)13-6-5-12(19)8-14(13)20/h1-6,8-9H,7H2,(H,21,22,23). The molecule has 0 unspecified atom stereocenters. The predicted molar refractivity (Wildman–Crippen MR) is 86.2 cm³/mol. The minimum absolute atomic E-state index is 0.0695. The highest BCUT2D eigenvalue weighted by Crippen LogP contribution is 2.27. The topological polar surface area (TPSA) is 42.0 Å². The summed E-state index contributed by atoms with van der Waals surface area (Å²) >= 11 is 1.14. The van der Waals surface area contributed by atoms with Crippen molar-refractivity contribution in [2.45, 2.75) is 6.42 Å². The van der Waals surface area contributed by atoms with Crippen molar-refractivity contribution in [3.63, 3.8) is 0 Å². The van der Waals surface area contributed by atoms with E-state index in [1.165, 1.54) is 30.3 Å². The molecular weight excluding hydrogens is 337 g/mol. The summed E-state index contributed by atoms with van der Waals surface area (Å²) in [5, 5.41) is 4.48. The molecule has 0 aliphatic rings. The molecule has 0 aliphatic carbocycles. The highest BCUT2D eigenvalue weighted by molar-refractivity contribution is 7.14. The minimum atomic E-state index is -0.718. The van der Waals surface area contributed by atoms with Crippen LogP contribution in [0.15, 0.2) is 47.8 Å². The maximum absolute atomic E-state index is 13.7. The van der Waals surface area contributed by atoms with Gasteiger partial charge in [0.25, 0.3) is 0 Å². The van der Waals surface area contributed by atoms with E-state index in [4.69, 9.17) is 0 Å². The molecule has 1 N–H and O–H groups in total. The van der Waals surface area contributed by atoms with E-state index in [9.17, 15) is 18.0 Å². The number of carbonyl (C=O) groups is 1. The third-order valence-electron chi connectivity index (χ3n) is 3.24. The summed E-state index contributed by atoms with van der Waals surface area (Å²) in [6.07, 6.45) is 0.0695. The van der Waals surface area contributed by atoms with Gasteiger partial charge in [-0.25, -0.2) is 18.2 Å². The van der Waals surface area contributed by atoms with Gasteiger partial charge in [-0.3, -0.25) is 4.79 Å². The number of nitrogens with zero attached hydrogens (tertiary/aromatic N) is 1. The Morgan fingerprint density at radius 2 is 1.75 bits per heavy atom. The first-order valence-corrected chi connectivity index (χ1v) is 7.84. The molecule has 0 atom stereocenters. The van der Waals surface area contributed by atoms with Crippen LogP contribution >= 0.6 is 11.3 Å². The first kappa shape index (κ1) is 16.2. The van der Waals surface area contributed by atoms with E-state index in [2.05, 4.69) is 10.3 Å². The number of benzene rings is 2. The van der Waals surface area contributed by atoms with E-state index in [-0.39, 0.29) is 23.7 Å². The molecule has 0 saturated carbocycles. The number of halogens is 3. The van der Waals surface area contributed by atoms with Crippen molar-refractivity contribution >= 4 is 22.4 Å². The van der Waals surface area contributed by atoms with Crippen LogP contribution in [0.5, 0.6) is 0 Å². The Morgan fingerprint density at radius 3 is 2.46 bits per heavy atom. The molecule has 7 heteroatoms. The molecule has 24 heavy (non-hydrogen) atoms. The van der Waals surface area contributed by atoms with Crippen LogP contribution in [-0.2, 0) is 11.2 Å². The van der Waals surface area contributed by atoms with E-state index < -0.39 is 11.6 Å². The molecule has 0 bridgehead atoms. The molecule has 0 fully saturated rings. The highest BCUT2D eigenvalue weighted by atomic mass is 32.1. The smallest absolute Gasteiger partial charge is 0.230 e. The Kier molecular flexibility index (Phi) is 4.61. The summed E-state index contributed by atoms with van der Waals surface area (Å²) in [4.78, 5) is 16.1. The molecule has 0 aliphatic heterocycles. The number of anilines is 1. The quantitative estimate of drug-likeness (QED) is 0.759. The first-order chi connectivity index (χ1) is 11.5. The fourth-order valence-electron chi connectivity index (χ4n) is 2.10. The lowest BCUT2D eigenvalue weighted by Gasteiger charge is -2.02. The lowest BCUT2D eigenvalue weighted by atomic mass is 10.1. The Morgan fingerprint density at radius 1 is 1.04 bits per heavy atom. The second kappa shape index (κ2) is 6.84. The lowest BCUT2D eigenvalue weighted by molar-refractivity contribution is -0.115. The molecule has 1 aromatic heterocycles. The van der Waals surface area contributed by atoms with Crippen molar-refractivity contribution < 1.29 is 18.0 Å². The Bertz CT molecular complexity index is 878. The summed E-state index contributed by atoms with van der Waals surface area (Å²) in [6.45, 7) is 0. The van der Waals surface area contributed by atoms with Gasteiger partial charge < -0.3 is 5.32 Å². The molecule has 1 heterocycles. The number of carbonyl (C=O) groups excluding carboxylic acids is 1. The number of nitrogens with one attached hydrogen (secondary N) is 1. The number of amides is 1. The molecule has 0 radical (unpaired) electrons. The maximum Gasteiger partial charge on any atom is 0.230 e. The van der Waals surface area contributed by atoms with Crippen LogP contribution in [0.3, 0.4) is 0 Å². The second-order valence-corrected chi connectivity index (χ2v) is 5.87. The third kappa shape index (κ3) is 3.80. The van der Waals surface area contributed by atoms with Crippen LogP contribution in [0.2, 0.25) is 0 Å². The van der Waals surface area contributed by atoms with Crippen molar-refractivity contribution in [3.8, 4) is 11.3 Å². The summed E-state index contributed by atoms with van der Waals surface area (Å²) in [7, 11) is 0. The zero-order chi connectivity index (χ0) is 17.1. The van der Waals surface area contributed by atoms with E-state index in [0.717, 1.165) is 23.5 Å². The summed E-state index contributed by atoms with van der Waals surface area (Å²) in [5.74, 6) is -2.07. The number of aromatic nitrogens is 1. The number of hydrogen-bond acceptors (Lipinski definition) is 3. The molecule has 122 valence electrons. The second-order valence-electron chi connectivity index (χ2n) is 5.01. The van der Waals surface area contributed by atoms with Gasteiger partial charge in [0, 0.05) is 17.0 Å². The monoisotopic (exact) mass is 348 g/mol. The largest absolute Gasteiger partial charge is 0.302 e. The molecule has 0 spiro atoms. The van der Waals surface area contributed by atoms with Gasteiger partial charge in [0.1, 0.15) is 17.5 Å². The summed E-state index contributed by atoms with van der Waals surface area (Å²) < 4.78 is 39.5. The number of rotatable bonds is 4. The van der Waals surface area contributed by atoms with Crippen LogP contribution in [0.1, 0.15) is 5.56 Å². The van der Waals surface area contributed by atoms with Gasteiger partial charge in [0.05, 0.1) is 12.1 Å². The van der Waals surface area contributed by atoms with Gasteiger partial charge in [-0.15, -0.1) is 11.3 Å². The number of thiazole rings is 1. The summed E-state index contributed by atoms with van der Waals surface area (Å²) in [6, 6.07) is 8.82. The van der Waals surface area contributed by atoms with Gasteiger partial charge in [-0.05, 0) is 29.8 Å². The minimum Gasteiger partial charge on any atom is -0.302 e. The van der Waals surface area contributed by atoms with Crippen LogP contribution < -0.4 is 5.32 Å². The molecule has 0 saturated heterocycles. The van der Waals surface area contributed by atoms with Gasteiger partial charge in [0.2, 0.25) is 5.91 Å². The zero-order valence-corrected chi connectivity index (χ0v) is 13.0. The fraction of sp³-hybridized carbons (Fsp3) is 0.0588. The normalized spacial score (nSPS) is 10.6. The molecule has 2 aromatic carbocycles. The molecule has 3 nitrogen and oxygen atoms in total. The maximum atomic E-state index is 13.7. The van der Waals surface area contributed by atoms with E-state index >= 15 is 0 Å². The van der Waals surface area contributed by atoms with E-state index in [1.807, 2.05) is 0 Å². The van der Waals surface area contributed by atoms with Gasteiger partial charge in [-0.1, -0.05) is 12.1 Å². The SMILES string of the molecule is O=C(Cc1ccc(F)cc1)Nc1nc(-c2ccc(F)cc2F)cs1. The lowest BCUT2D eigenvalue weighted by Crippen LogP contribution is -2.14. The number of hydrogen-bond donors (Lipinski definition) is 1. The van der Waals surface area contributed by atoms with Crippen molar-refractivity contribution in [2.75, 3.05) is 5.32 Å². The Labute approximate surface area is 139 Å². The molecule has 3 rings (SSSR count). The first-order valence-electron chi connectivity index (χ1n) is 6.96. The Balaban J connectivity index is 1.69.